The second kappa shape index (κ2) is 9.35. The number of rotatable bonds is 10. The average molecular weight is 285 g/mol. The summed E-state index contributed by atoms with van der Waals surface area (Å²) in [5.41, 5.74) is 2.76. The molecule has 0 saturated heterocycles. The topological polar surface area (TPSA) is 29.9 Å². The largest absolute Gasteiger partial charge is 0.317 e. The summed E-state index contributed by atoms with van der Waals surface area (Å²) in [4.78, 5) is 0. The van der Waals surface area contributed by atoms with Gasteiger partial charge < -0.3 is 5.32 Å². The van der Waals surface area contributed by atoms with Crippen molar-refractivity contribution in [3.63, 3.8) is 0 Å². The van der Waals surface area contributed by atoms with Crippen LogP contribution in [0.4, 0.5) is 0 Å². The smallest absolute Gasteiger partial charge is 0.0521 e. The highest BCUT2D eigenvalue weighted by Crippen LogP contribution is 2.06. The minimum absolute atomic E-state index is 1.00. The number of aromatic nitrogens is 2. The van der Waals surface area contributed by atoms with Crippen LogP contribution < -0.4 is 5.32 Å². The maximum Gasteiger partial charge on any atom is 0.0521 e. The third-order valence-corrected chi connectivity index (χ3v) is 3.63. The number of hydrogen-bond donors (Lipinski definition) is 1. The van der Waals surface area contributed by atoms with E-state index in [1.54, 1.807) is 0 Å². The van der Waals surface area contributed by atoms with E-state index in [1.807, 2.05) is 6.20 Å². The van der Waals surface area contributed by atoms with Gasteiger partial charge in [0.1, 0.15) is 0 Å². The van der Waals surface area contributed by atoms with Gasteiger partial charge in [0.05, 0.1) is 6.20 Å². The minimum Gasteiger partial charge on any atom is -0.317 e. The van der Waals surface area contributed by atoms with Crippen molar-refractivity contribution in [1.29, 1.82) is 0 Å². The molecule has 0 radical (unpaired) electrons. The molecule has 3 nitrogen and oxygen atoms in total. The molecule has 0 bridgehead atoms. The summed E-state index contributed by atoms with van der Waals surface area (Å²) in [5.74, 6) is 0. The van der Waals surface area contributed by atoms with E-state index >= 15 is 0 Å². The molecular weight excluding hydrogens is 258 g/mol. The number of nitrogens with one attached hydrogen (secondary N) is 1. The number of nitrogens with zero attached hydrogens (tertiary/aromatic N) is 2. The molecule has 21 heavy (non-hydrogen) atoms. The van der Waals surface area contributed by atoms with E-state index in [9.17, 15) is 0 Å². The molecule has 3 heteroatoms. The molecular formula is C18H27N3. The van der Waals surface area contributed by atoms with Crippen LogP contribution in [-0.2, 0) is 19.4 Å². The van der Waals surface area contributed by atoms with E-state index in [4.69, 9.17) is 0 Å². The zero-order valence-electron chi connectivity index (χ0n) is 13.1. The average Bonchev–Trinajstić information content (AvgIpc) is 2.96. The van der Waals surface area contributed by atoms with Crippen molar-refractivity contribution in [2.24, 2.45) is 0 Å². The summed E-state index contributed by atoms with van der Waals surface area (Å²) >= 11 is 0. The van der Waals surface area contributed by atoms with Gasteiger partial charge in [-0.05, 0) is 56.3 Å². The maximum atomic E-state index is 4.46. The van der Waals surface area contributed by atoms with Crippen molar-refractivity contribution in [3.05, 3.63) is 53.9 Å². The highest BCUT2D eigenvalue weighted by Gasteiger charge is 1.99. The van der Waals surface area contributed by atoms with Gasteiger partial charge in [-0.15, -0.1) is 0 Å². The molecule has 1 heterocycles. The van der Waals surface area contributed by atoms with Gasteiger partial charge >= 0.3 is 0 Å². The molecule has 2 aromatic rings. The number of hydrogen-bond acceptors (Lipinski definition) is 2. The Morgan fingerprint density at radius 2 is 1.81 bits per heavy atom. The van der Waals surface area contributed by atoms with Crippen LogP contribution in [0.15, 0.2) is 42.7 Å². The maximum absolute atomic E-state index is 4.46. The molecule has 0 aliphatic rings. The molecule has 0 aliphatic carbocycles. The quantitative estimate of drug-likeness (QED) is 0.678. The van der Waals surface area contributed by atoms with Crippen molar-refractivity contribution >= 4 is 0 Å². The van der Waals surface area contributed by atoms with Crippen molar-refractivity contribution in [2.75, 3.05) is 13.1 Å². The van der Waals surface area contributed by atoms with Gasteiger partial charge in [-0.1, -0.05) is 37.3 Å². The Kier molecular flexibility index (Phi) is 7.02. The molecule has 0 aliphatic heterocycles. The predicted molar refractivity (Wildman–Crippen MR) is 88.5 cm³/mol. The molecule has 0 fully saturated rings. The Hall–Kier alpha value is -1.61. The fourth-order valence-corrected chi connectivity index (χ4v) is 2.47. The molecule has 1 aromatic carbocycles. The van der Waals surface area contributed by atoms with E-state index < -0.39 is 0 Å². The number of aryl methyl sites for hydroxylation is 3. The molecule has 0 unspecified atom stereocenters. The standard InChI is InChI=1S/C18H27N3/c1-2-12-19-13-6-10-18-15-20-21(16-18)14-7-11-17-8-4-3-5-9-17/h3-5,8-9,15-16,19H,2,6-7,10-14H2,1H3. The van der Waals surface area contributed by atoms with Gasteiger partial charge in [-0.3, -0.25) is 4.68 Å². The van der Waals surface area contributed by atoms with Crippen LogP contribution in [0.1, 0.15) is 37.3 Å². The van der Waals surface area contributed by atoms with Gasteiger partial charge in [0.25, 0.3) is 0 Å². The van der Waals surface area contributed by atoms with E-state index in [0.717, 1.165) is 38.9 Å². The van der Waals surface area contributed by atoms with Crippen LogP contribution in [0.25, 0.3) is 0 Å². The molecule has 0 spiro atoms. The second-order valence-corrected chi connectivity index (χ2v) is 5.55. The first-order valence-corrected chi connectivity index (χ1v) is 8.14. The molecule has 2 rings (SSSR count). The van der Waals surface area contributed by atoms with Crippen LogP contribution in [0.5, 0.6) is 0 Å². The van der Waals surface area contributed by atoms with Crippen LogP contribution in [0.2, 0.25) is 0 Å². The summed E-state index contributed by atoms with van der Waals surface area (Å²) in [7, 11) is 0. The normalized spacial score (nSPS) is 10.9. The first kappa shape index (κ1) is 15.8. The molecule has 0 amide bonds. The summed E-state index contributed by atoms with van der Waals surface area (Å²) in [6.07, 6.45) is 10.00. The summed E-state index contributed by atoms with van der Waals surface area (Å²) in [6.45, 7) is 5.43. The molecule has 1 aromatic heterocycles. The van der Waals surface area contributed by atoms with Gasteiger partial charge in [-0.25, -0.2) is 0 Å². The van der Waals surface area contributed by atoms with Crippen LogP contribution in [0, 0.1) is 0 Å². The highest BCUT2D eigenvalue weighted by molar-refractivity contribution is 5.14. The zero-order chi connectivity index (χ0) is 14.8. The van der Waals surface area contributed by atoms with Crippen LogP contribution >= 0.6 is 0 Å². The van der Waals surface area contributed by atoms with E-state index in [1.165, 1.54) is 24.0 Å². The van der Waals surface area contributed by atoms with E-state index in [0.29, 0.717) is 0 Å². The highest BCUT2D eigenvalue weighted by atomic mass is 15.3. The Labute approximate surface area is 128 Å². The molecule has 0 atom stereocenters. The molecule has 1 N–H and O–H groups in total. The van der Waals surface area contributed by atoms with Crippen molar-refractivity contribution in [1.82, 2.24) is 15.1 Å². The van der Waals surface area contributed by atoms with Gasteiger partial charge in [0, 0.05) is 12.7 Å². The van der Waals surface area contributed by atoms with Gasteiger partial charge in [0.2, 0.25) is 0 Å². The first-order chi connectivity index (χ1) is 10.4. The summed E-state index contributed by atoms with van der Waals surface area (Å²) < 4.78 is 2.08. The van der Waals surface area contributed by atoms with E-state index in [-0.39, 0.29) is 0 Å². The Morgan fingerprint density at radius 3 is 2.62 bits per heavy atom. The summed E-state index contributed by atoms with van der Waals surface area (Å²) in [6, 6.07) is 10.7. The van der Waals surface area contributed by atoms with Gasteiger partial charge in [-0.2, -0.15) is 5.10 Å². The van der Waals surface area contributed by atoms with Gasteiger partial charge in [0.15, 0.2) is 0 Å². The lowest BCUT2D eigenvalue weighted by Gasteiger charge is -2.02. The lowest BCUT2D eigenvalue weighted by Crippen LogP contribution is -2.16. The second-order valence-electron chi connectivity index (χ2n) is 5.55. The lowest BCUT2D eigenvalue weighted by molar-refractivity contribution is 0.578. The van der Waals surface area contributed by atoms with Crippen LogP contribution in [0.3, 0.4) is 0 Å². The first-order valence-electron chi connectivity index (χ1n) is 8.14. The predicted octanol–water partition coefficient (Wildman–Crippen LogP) is 3.45. The van der Waals surface area contributed by atoms with Crippen LogP contribution in [-0.4, -0.2) is 22.9 Å². The Bertz CT molecular complexity index is 490. The Balaban J connectivity index is 1.63. The molecule has 114 valence electrons. The fourth-order valence-electron chi connectivity index (χ4n) is 2.47. The lowest BCUT2D eigenvalue weighted by atomic mass is 10.1. The minimum atomic E-state index is 1.00. The number of benzene rings is 1. The van der Waals surface area contributed by atoms with Crippen molar-refractivity contribution in [3.8, 4) is 0 Å². The van der Waals surface area contributed by atoms with Crippen molar-refractivity contribution in [2.45, 2.75) is 45.6 Å². The monoisotopic (exact) mass is 285 g/mol. The Morgan fingerprint density at radius 1 is 1.00 bits per heavy atom. The summed E-state index contributed by atoms with van der Waals surface area (Å²) in [5, 5.41) is 7.90. The third kappa shape index (κ3) is 6.13. The molecule has 0 saturated carbocycles. The SMILES string of the molecule is CCCNCCCc1cnn(CCCc2ccccc2)c1. The zero-order valence-corrected chi connectivity index (χ0v) is 13.1. The van der Waals surface area contributed by atoms with Crippen molar-refractivity contribution < 1.29 is 0 Å². The van der Waals surface area contributed by atoms with E-state index in [2.05, 4.69) is 58.5 Å². The third-order valence-electron chi connectivity index (χ3n) is 3.63. The fraction of sp³-hybridized carbons (Fsp3) is 0.500.